The summed E-state index contributed by atoms with van der Waals surface area (Å²) in [6.45, 7) is 1.95. The van der Waals surface area contributed by atoms with Crippen molar-refractivity contribution in [2.24, 2.45) is 0 Å². The first-order valence-corrected chi connectivity index (χ1v) is 11.6. The molecule has 0 saturated carbocycles. The molecule has 2 heterocycles. The SMILES string of the molecule is Cc1ccc(-c2ccc(C=CC(=O)Nc3ccc(-c4nc5ccccc5s4)cc3)o2)cc1Cl. The van der Waals surface area contributed by atoms with Crippen LogP contribution in [0.5, 0.6) is 0 Å². The van der Waals surface area contributed by atoms with E-state index in [9.17, 15) is 4.79 Å². The maximum Gasteiger partial charge on any atom is 0.248 e. The maximum atomic E-state index is 12.3. The Balaban J connectivity index is 1.23. The molecule has 0 saturated heterocycles. The van der Waals surface area contributed by atoms with E-state index in [2.05, 4.69) is 16.4 Å². The third-order valence-electron chi connectivity index (χ3n) is 5.18. The van der Waals surface area contributed by atoms with Crippen molar-refractivity contribution in [1.29, 1.82) is 0 Å². The van der Waals surface area contributed by atoms with Crippen LogP contribution < -0.4 is 5.32 Å². The van der Waals surface area contributed by atoms with Gasteiger partial charge in [-0.2, -0.15) is 0 Å². The Morgan fingerprint density at radius 2 is 1.79 bits per heavy atom. The molecule has 1 N–H and O–H groups in total. The van der Waals surface area contributed by atoms with Crippen LogP contribution in [-0.4, -0.2) is 10.9 Å². The van der Waals surface area contributed by atoms with Gasteiger partial charge in [0.25, 0.3) is 0 Å². The fraction of sp³-hybridized carbons (Fsp3) is 0.0370. The minimum absolute atomic E-state index is 0.237. The van der Waals surface area contributed by atoms with Gasteiger partial charge in [0.05, 0.1) is 10.2 Å². The average Bonchev–Trinajstić information content (AvgIpc) is 3.47. The Bertz CT molecular complexity index is 1450. The van der Waals surface area contributed by atoms with Crippen molar-refractivity contribution in [2.75, 3.05) is 5.32 Å². The summed E-state index contributed by atoms with van der Waals surface area (Å²) in [5.74, 6) is 1.05. The molecule has 0 aliphatic rings. The van der Waals surface area contributed by atoms with Crippen molar-refractivity contribution in [3.8, 4) is 21.9 Å². The van der Waals surface area contributed by atoms with Crippen molar-refractivity contribution < 1.29 is 9.21 Å². The number of nitrogens with one attached hydrogen (secondary N) is 1. The summed E-state index contributed by atoms with van der Waals surface area (Å²) >= 11 is 7.85. The Hall–Kier alpha value is -3.67. The van der Waals surface area contributed by atoms with Gasteiger partial charge in [0.15, 0.2) is 0 Å². The van der Waals surface area contributed by atoms with Crippen LogP contribution >= 0.6 is 22.9 Å². The monoisotopic (exact) mass is 470 g/mol. The molecule has 0 bridgehead atoms. The first kappa shape index (κ1) is 21.2. The average molecular weight is 471 g/mol. The summed E-state index contributed by atoms with van der Waals surface area (Å²) in [5.41, 5.74) is 4.62. The van der Waals surface area contributed by atoms with E-state index in [1.54, 1.807) is 17.4 Å². The van der Waals surface area contributed by atoms with Gasteiger partial charge >= 0.3 is 0 Å². The van der Waals surface area contributed by atoms with Gasteiger partial charge in [-0.05, 0) is 73.2 Å². The number of para-hydroxylation sites is 1. The second-order valence-corrected chi connectivity index (χ2v) is 8.99. The zero-order chi connectivity index (χ0) is 22.8. The Morgan fingerprint density at radius 1 is 1.00 bits per heavy atom. The highest BCUT2D eigenvalue weighted by molar-refractivity contribution is 7.21. The van der Waals surface area contributed by atoms with Crippen LogP contribution in [0.3, 0.4) is 0 Å². The largest absolute Gasteiger partial charge is 0.457 e. The number of aromatic nitrogens is 1. The van der Waals surface area contributed by atoms with Gasteiger partial charge in [-0.15, -0.1) is 11.3 Å². The molecule has 1 amide bonds. The predicted octanol–water partition coefficient (Wildman–Crippen LogP) is 7.84. The molecule has 2 aromatic heterocycles. The summed E-state index contributed by atoms with van der Waals surface area (Å²) in [5, 5.41) is 4.51. The number of aryl methyl sites for hydroxylation is 1. The van der Waals surface area contributed by atoms with E-state index in [0.29, 0.717) is 22.2 Å². The quantitative estimate of drug-likeness (QED) is 0.266. The van der Waals surface area contributed by atoms with Crippen LogP contribution in [-0.2, 0) is 4.79 Å². The number of carbonyl (C=O) groups excluding carboxylic acids is 1. The van der Waals surface area contributed by atoms with Crippen LogP contribution in [0, 0.1) is 6.92 Å². The lowest BCUT2D eigenvalue weighted by atomic mass is 10.1. The van der Waals surface area contributed by atoms with Gasteiger partial charge in [0.1, 0.15) is 16.5 Å². The van der Waals surface area contributed by atoms with Crippen LogP contribution in [0.25, 0.3) is 38.2 Å². The van der Waals surface area contributed by atoms with Crippen molar-refractivity contribution >= 4 is 50.8 Å². The number of halogens is 1. The summed E-state index contributed by atoms with van der Waals surface area (Å²) in [6.07, 6.45) is 3.09. The molecule has 5 aromatic rings. The van der Waals surface area contributed by atoms with Crippen molar-refractivity contribution in [1.82, 2.24) is 4.98 Å². The number of hydrogen-bond acceptors (Lipinski definition) is 4. The van der Waals surface area contributed by atoms with Gasteiger partial charge in [-0.3, -0.25) is 4.79 Å². The molecular weight excluding hydrogens is 452 g/mol. The molecule has 0 fully saturated rings. The number of rotatable bonds is 5. The Morgan fingerprint density at radius 3 is 2.58 bits per heavy atom. The first-order chi connectivity index (χ1) is 16.0. The lowest BCUT2D eigenvalue weighted by Crippen LogP contribution is -2.07. The predicted molar refractivity (Wildman–Crippen MR) is 137 cm³/mol. The molecule has 0 radical (unpaired) electrons. The Kier molecular flexibility index (Phi) is 5.82. The third-order valence-corrected chi connectivity index (χ3v) is 6.67. The van der Waals surface area contributed by atoms with E-state index < -0.39 is 0 Å². The zero-order valence-corrected chi connectivity index (χ0v) is 19.3. The highest BCUT2D eigenvalue weighted by Crippen LogP contribution is 2.31. The first-order valence-electron chi connectivity index (χ1n) is 10.4. The molecule has 4 nitrogen and oxygen atoms in total. The number of hydrogen-bond donors (Lipinski definition) is 1. The van der Waals surface area contributed by atoms with Gasteiger partial charge in [-0.1, -0.05) is 35.9 Å². The molecule has 33 heavy (non-hydrogen) atoms. The molecule has 0 atom stereocenters. The van der Waals surface area contributed by atoms with E-state index in [1.807, 2.05) is 79.7 Å². The normalized spacial score (nSPS) is 11.3. The fourth-order valence-electron chi connectivity index (χ4n) is 3.38. The zero-order valence-electron chi connectivity index (χ0n) is 17.7. The molecule has 0 aliphatic heterocycles. The van der Waals surface area contributed by atoms with E-state index in [-0.39, 0.29) is 5.91 Å². The summed E-state index contributed by atoms with van der Waals surface area (Å²) < 4.78 is 6.98. The minimum atomic E-state index is -0.237. The Labute approximate surface area is 200 Å². The molecule has 0 aliphatic carbocycles. The topological polar surface area (TPSA) is 55.1 Å². The second kappa shape index (κ2) is 9.06. The molecular formula is C27H19ClN2O2S. The number of furan rings is 1. The molecule has 162 valence electrons. The van der Waals surface area contributed by atoms with Crippen molar-refractivity contribution in [3.05, 3.63) is 101 Å². The van der Waals surface area contributed by atoms with Crippen LogP contribution in [0.4, 0.5) is 5.69 Å². The van der Waals surface area contributed by atoms with Gasteiger partial charge in [-0.25, -0.2) is 4.98 Å². The molecule has 0 spiro atoms. The number of carbonyl (C=O) groups is 1. The van der Waals surface area contributed by atoms with Crippen LogP contribution in [0.1, 0.15) is 11.3 Å². The minimum Gasteiger partial charge on any atom is -0.457 e. The second-order valence-electron chi connectivity index (χ2n) is 7.55. The smallest absolute Gasteiger partial charge is 0.248 e. The summed E-state index contributed by atoms with van der Waals surface area (Å²) in [6, 6.07) is 25.2. The molecule has 3 aromatic carbocycles. The molecule has 0 unspecified atom stereocenters. The van der Waals surface area contributed by atoms with Gasteiger partial charge in [0.2, 0.25) is 5.91 Å². The van der Waals surface area contributed by atoms with Crippen LogP contribution in [0.15, 0.2) is 89.4 Å². The van der Waals surface area contributed by atoms with E-state index >= 15 is 0 Å². The summed E-state index contributed by atoms with van der Waals surface area (Å²) in [7, 11) is 0. The lowest BCUT2D eigenvalue weighted by Gasteiger charge is -2.03. The van der Waals surface area contributed by atoms with E-state index in [0.717, 1.165) is 31.9 Å². The van der Waals surface area contributed by atoms with Crippen molar-refractivity contribution in [2.45, 2.75) is 6.92 Å². The number of benzene rings is 3. The molecule has 5 rings (SSSR count). The van der Waals surface area contributed by atoms with E-state index in [1.165, 1.54) is 6.08 Å². The third kappa shape index (κ3) is 4.75. The van der Waals surface area contributed by atoms with Gasteiger partial charge in [0, 0.05) is 27.9 Å². The number of anilines is 1. The lowest BCUT2D eigenvalue weighted by molar-refractivity contribution is -0.111. The number of fused-ring (bicyclic) bond motifs is 1. The van der Waals surface area contributed by atoms with Gasteiger partial charge < -0.3 is 9.73 Å². The highest BCUT2D eigenvalue weighted by atomic mass is 35.5. The highest BCUT2D eigenvalue weighted by Gasteiger charge is 2.08. The number of nitrogens with zero attached hydrogens (tertiary/aromatic N) is 1. The maximum absolute atomic E-state index is 12.3. The number of amides is 1. The molecule has 6 heteroatoms. The fourth-order valence-corrected chi connectivity index (χ4v) is 4.53. The standard InChI is InChI=1S/C27H19ClN2O2S/c1-17-6-7-19(16-22(17)28)24-14-12-21(32-24)13-15-26(31)29-20-10-8-18(9-11-20)27-30-23-4-2-3-5-25(23)33-27/h2-16H,1H3,(H,29,31). The number of thiazole rings is 1. The van der Waals surface area contributed by atoms with E-state index in [4.69, 9.17) is 16.0 Å². The van der Waals surface area contributed by atoms with Crippen LogP contribution in [0.2, 0.25) is 5.02 Å². The summed E-state index contributed by atoms with van der Waals surface area (Å²) in [4.78, 5) is 17.0. The van der Waals surface area contributed by atoms with Crippen molar-refractivity contribution in [3.63, 3.8) is 0 Å².